The highest BCUT2D eigenvalue weighted by atomic mass is 35.5. The van der Waals surface area contributed by atoms with Crippen molar-refractivity contribution in [1.29, 1.82) is 10.5 Å². The standard InChI is InChI=1S/2C22H29FN6O3.C22H27FN6O.C12H18N2.C10H10ClFN4O.2CH4/c2*1-3-18(20(25)31)27-22-17(23)12-16(19(24)30)21(28-22)26-15-6-4-13(5-7-15)14-8-10-29(2,32)11-9-14;1-3-19(20(25)30)27-22-18(23)12-16(13-24)21(28-22)26-17-6-4-14(5-7-17)15-8-10-29(2)11-9-15;1-14-8-6-11(7-9-14)10-2-4-12(13)5-3-10;1-2-7(9(14)17)15-10-6(12)3-5(4-13)8(11)16-10;;/h2*4-7,12,14,18H,3,8-11H2,1-2H3,(H2,24,30)(H2,25,31)(H2,26,27,28);4-7,12,15,19H,3,8-11H2,1-2H3,(H2,25,30)(H2,26,27,28);2-5,11H,6-9,13H2,1H3;3,7H,2H2,1H3,(H2,14,17)(H,15,16);2*1H4/t2*14?,18-,29?;19-;;7-;;/m111.1../s1. The summed E-state index contributed by atoms with van der Waals surface area (Å²) in [6.07, 6.45) is 9.57. The molecular formula is C90H121ClF4N24O8. The number of nitrogens with zero attached hydrogens (tertiary/aromatic N) is 10. The molecule has 21 N–H and O–H groups in total. The van der Waals surface area contributed by atoms with Crippen LogP contribution in [-0.4, -0.2) is 179 Å². The maximum atomic E-state index is 14.5. The third-order valence-electron chi connectivity index (χ3n) is 22.5. The second-order valence-electron chi connectivity index (χ2n) is 31.9. The van der Waals surface area contributed by atoms with E-state index in [1.165, 1.54) is 37.1 Å². The summed E-state index contributed by atoms with van der Waals surface area (Å²) in [5.41, 5.74) is 45.2. The van der Waals surface area contributed by atoms with E-state index in [9.17, 15) is 62.0 Å². The Morgan fingerprint density at radius 1 is 0.425 bits per heavy atom. The summed E-state index contributed by atoms with van der Waals surface area (Å²) in [4.78, 5) is 90.0. The number of hydrogen-bond donors (Lipinski definition) is 14. The van der Waals surface area contributed by atoms with Crippen LogP contribution < -0.4 is 77.4 Å². The number of halogens is 5. The van der Waals surface area contributed by atoms with Gasteiger partial charge in [-0.05, 0) is 210 Å². The molecule has 0 saturated carbocycles. The number of hydroxylamine groups is 6. The molecule has 37 heteroatoms. The number of aromatic nitrogens is 4. The van der Waals surface area contributed by atoms with Crippen molar-refractivity contribution in [3.05, 3.63) is 205 Å². The molecule has 32 nitrogen and oxygen atoms in total. The summed E-state index contributed by atoms with van der Waals surface area (Å²) in [7, 11) is 7.73. The number of nitrogen functional groups attached to an aromatic ring is 1. The minimum absolute atomic E-state index is 0. The summed E-state index contributed by atoms with van der Waals surface area (Å²) in [6.45, 7) is 13.9. The van der Waals surface area contributed by atoms with Crippen molar-refractivity contribution in [2.24, 2.45) is 34.4 Å². The molecule has 4 saturated heterocycles. The van der Waals surface area contributed by atoms with E-state index < -0.39 is 82.9 Å². The number of nitrogens with one attached hydrogen (secondary N) is 7. The highest BCUT2D eigenvalue weighted by Gasteiger charge is 2.30. The van der Waals surface area contributed by atoms with Gasteiger partial charge in [0.15, 0.2) is 52.4 Å². The summed E-state index contributed by atoms with van der Waals surface area (Å²) in [6, 6.07) is 36.1. The number of nitriles is 2. The van der Waals surface area contributed by atoms with Gasteiger partial charge in [-0.15, -0.1) is 0 Å². The van der Waals surface area contributed by atoms with Gasteiger partial charge in [-0.2, -0.15) is 10.5 Å². The molecule has 6 amide bonds. The number of quaternary nitrogens is 2. The van der Waals surface area contributed by atoms with Gasteiger partial charge in [0, 0.05) is 48.4 Å². The van der Waals surface area contributed by atoms with Crippen LogP contribution in [0.3, 0.4) is 0 Å². The molecule has 0 spiro atoms. The maximum absolute atomic E-state index is 14.5. The van der Waals surface area contributed by atoms with Crippen molar-refractivity contribution >= 4 is 111 Å². The second kappa shape index (κ2) is 48.2. The van der Waals surface area contributed by atoms with Crippen LogP contribution >= 0.6 is 11.6 Å². The van der Waals surface area contributed by atoms with Crippen molar-refractivity contribution in [2.45, 2.75) is 167 Å². The number of hydrogen-bond acceptors (Lipinski definition) is 24. The van der Waals surface area contributed by atoms with E-state index in [0.29, 0.717) is 81.0 Å². The number of anilines is 11. The lowest BCUT2D eigenvalue weighted by atomic mass is 9.89. The van der Waals surface area contributed by atoms with Crippen LogP contribution in [0.2, 0.25) is 5.15 Å². The highest BCUT2D eigenvalue weighted by Crippen LogP contribution is 2.37. The molecule has 4 atom stereocenters. The average Bonchev–Trinajstić information content (AvgIpc) is 0.805. The van der Waals surface area contributed by atoms with E-state index in [4.69, 9.17) is 57.0 Å². The Labute approximate surface area is 744 Å². The molecule has 0 bridgehead atoms. The molecule has 4 aromatic carbocycles. The van der Waals surface area contributed by atoms with Crippen molar-refractivity contribution < 1.29 is 55.6 Å². The van der Waals surface area contributed by atoms with E-state index in [0.717, 1.165) is 104 Å². The lowest BCUT2D eigenvalue weighted by Gasteiger charge is -2.44. The fraction of sp³-hybridized carbons (Fsp3) is 0.422. The third kappa shape index (κ3) is 30.4. The summed E-state index contributed by atoms with van der Waals surface area (Å²) in [5.74, 6) is -5.75. The number of likely N-dealkylation sites (tertiary alicyclic amines) is 4. The Morgan fingerprint density at radius 3 is 0.953 bits per heavy atom. The smallest absolute Gasteiger partial charge is 0.252 e. The number of carbonyl (C=O) groups is 6. The molecule has 4 aromatic heterocycles. The molecule has 0 radical (unpaired) electrons. The molecule has 127 heavy (non-hydrogen) atoms. The van der Waals surface area contributed by atoms with Gasteiger partial charge in [0.2, 0.25) is 23.6 Å². The highest BCUT2D eigenvalue weighted by molar-refractivity contribution is 6.30. The van der Waals surface area contributed by atoms with Gasteiger partial charge in [-0.3, -0.25) is 28.8 Å². The van der Waals surface area contributed by atoms with Crippen LogP contribution in [0.1, 0.15) is 197 Å². The van der Waals surface area contributed by atoms with Crippen LogP contribution in [0.5, 0.6) is 0 Å². The maximum Gasteiger partial charge on any atom is 0.252 e. The number of piperidine rings is 4. The Kier molecular flexibility index (Phi) is 39.2. The van der Waals surface area contributed by atoms with Crippen molar-refractivity contribution in [1.82, 2.24) is 29.7 Å². The number of primary amides is 6. The zero-order chi connectivity index (χ0) is 91.6. The van der Waals surface area contributed by atoms with Gasteiger partial charge in [0.25, 0.3) is 11.8 Å². The monoisotopic (exact) mass is 1780 g/mol. The van der Waals surface area contributed by atoms with Gasteiger partial charge in [0.1, 0.15) is 53.1 Å². The summed E-state index contributed by atoms with van der Waals surface area (Å²) < 4.78 is 56.4. The molecular weight excluding hydrogens is 1660 g/mol. The van der Waals surface area contributed by atoms with Crippen LogP contribution in [0.25, 0.3) is 0 Å². The molecule has 4 aliphatic heterocycles. The number of carbonyl (C=O) groups excluding carboxylic acids is 6. The van der Waals surface area contributed by atoms with Gasteiger partial charge in [-0.25, -0.2) is 37.5 Å². The molecule has 8 aromatic rings. The van der Waals surface area contributed by atoms with Crippen molar-refractivity contribution in [2.75, 3.05) is 123 Å². The minimum atomic E-state index is -0.843. The van der Waals surface area contributed by atoms with Gasteiger partial charge >= 0.3 is 0 Å². The number of amides is 6. The molecule has 8 heterocycles. The number of pyridine rings is 4. The fourth-order valence-electron chi connectivity index (χ4n) is 14.6. The first-order chi connectivity index (χ1) is 59.3. The van der Waals surface area contributed by atoms with Crippen LogP contribution in [0.15, 0.2) is 121 Å². The predicted molar refractivity (Wildman–Crippen MR) is 491 cm³/mol. The largest absolute Gasteiger partial charge is 0.633 e. The number of nitrogens with two attached hydrogens (primary N) is 7. The van der Waals surface area contributed by atoms with Gasteiger partial charge in [-0.1, -0.05) is 103 Å². The lowest BCUT2D eigenvalue weighted by Crippen LogP contribution is -2.43. The quantitative estimate of drug-likeness (QED) is 0.00712. The molecule has 4 aliphatic rings. The number of rotatable bonds is 28. The first kappa shape index (κ1) is 103. The van der Waals surface area contributed by atoms with E-state index in [1.807, 2.05) is 78.9 Å². The lowest BCUT2D eigenvalue weighted by molar-refractivity contribution is -0.866. The van der Waals surface area contributed by atoms with Crippen LogP contribution in [0.4, 0.5) is 81.0 Å². The Hall–Kier alpha value is -12.6. The molecule has 12 rings (SSSR count). The normalized spacial score (nSPS) is 18.4. The zero-order valence-electron chi connectivity index (χ0n) is 71.5. The molecule has 4 fully saturated rings. The molecule has 684 valence electrons. The third-order valence-corrected chi connectivity index (χ3v) is 22.7. The van der Waals surface area contributed by atoms with Crippen LogP contribution in [0, 0.1) is 56.3 Å². The first-order valence-corrected chi connectivity index (χ1v) is 41.8. The van der Waals surface area contributed by atoms with Gasteiger partial charge < -0.3 is 107 Å². The first-order valence-electron chi connectivity index (χ1n) is 41.4. The molecule has 0 unspecified atom stereocenters. The van der Waals surface area contributed by atoms with E-state index in [2.05, 4.69) is 105 Å². The van der Waals surface area contributed by atoms with Crippen molar-refractivity contribution in [3.8, 4) is 12.1 Å². The topological polar surface area (TPSA) is 521 Å². The van der Waals surface area contributed by atoms with Gasteiger partial charge in [0.05, 0.1) is 62.5 Å². The van der Waals surface area contributed by atoms with E-state index >= 15 is 0 Å². The molecule has 0 aliphatic carbocycles. The average molecular weight is 1780 g/mol. The fourth-order valence-corrected chi connectivity index (χ4v) is 14.8. The predicted octanol–water partition coefficient (Wildman–Crippen LogP) is 13.2. The summed E-state index contributed by atoms with van der Waals surface area (Å²) in [5, 5.41) is 61.6. The SMILES string of the molecule is C.C.CC[C@@H](Nc1nc(Cl)c(C#N)cc1F)C(N)=O.CC[C@@H](Nc1nc(Nc2ccc(C3CCN(C)CC3)cc2)c(C#N)cc1F)C(N)=O.CC[C@@H](Nc1nc(Nc2ccc(C3CC[N+](C)([O-])CC3)cc2)c(C(N)=O)cc1F)C(N)=O.CC[C@@H](Nc1nc(Nc2ccc(C3CC[N+](C)([O-])CC3)cc2)c(C(N)=O)cc1F)C(N)=O.CN1CCC(c2ccc(N)cc2)CC1. The van der Waals surface area contributed by atoms with Crippen molar-refractivity contribution in [3.63, 3.8) is 0 Å². The Morgan fingerprint density at radius 2 is 0.677 bits per heavy atom. The summed E-state index contributed by atoms with van der Waals surface area (Å²) >= 11 is 5.65. The van der Waals surface area contributed by atoms with E-state index in [1.54, 1.807) is 47.9 Å². The van der Waals surface area contributed by atoms with E-state index in [-0.39, 0.29) is 92.3 Å². The van der Waals surface area contributed by atoms with Crippen LogP contribution in [-0.2, 0) is 19.2 Å². The Balaban J connectivity index is 0.000000251. The number of benzene rings is 4. The Bertz CT molecular complexity index is 4930. The zero-order valence-corrected chi connectivity index (χ0v) is 72.2. The second-order valence-corrected chi connectivity index (χ2v) is 32.2. The minimum Gasteiger partial charge on any atom is -0.633 e.